The van der Waals surface area contributed by atoms with Gasteiger partial charge in [-0.15, -0.1) is 0 Å². The lowest BCUT2D eigenvalue weighted by Gasteiger charge is -2.26. The molecule has 0 aromatic carbocycles. The van der Waals surface area contributed by atoms with Crippen LogP contribution < -0.4 is 5.73 Å². The second-order valence-corrected chi connectivity index (χ2v) is 7.18. The molecule has 1 aliphatic rings. The minimum atomic E-state index is -3.23. The Kier molecular flexibility index (Phi) is 4.94. The van der Waals surface area contributed by atoms with Crippen molar-refractivity contribution >= 4 is 15.7 Å². The Labute approximate surface area is 103 Å². The third-order valence-corrected chi connectivity index (χ3v) is 5.31. The average molecular weight is 262 g/mol. The first kappa shape index (κ1) is 14.4. The van der Waals surface area contributed by atoms with Crippen LogP contribution in [0.25, 0.3) is 0 Å². The van der Waals surface area contributed by atoms with Gasteiger partial charge in [0.25, 0.3) is 0 Å². The van der Waals surface area contributed by atoms with Crippen LogP contribution in [-0.2, 0) is 14.6 Å². The molecule has 0 saturated carbocycles. The van der Waals surface area contributed by atoms with Crippen LogP contribution in [0.15, 0.2) is 0 Å². The normalized spacial score (nSPS) is 25.2. The minimum Gasteiger partial charge on any atom is -0.345 e. The van der Waals surface area contributed by atoms with Crippen molar-refractivity contribution in [3.8, 4) is 0 Å². The Balaban J connectivity index is 2.62. The van der Waals surface area contributed by atoms with Gasteiger partial charge in [0.15, 0.2) is 9.84 Å². The SMILES string of the molecule is CC(N)CCN(C)C(=O)C1CCCCS1(=O)=O. The molecule has 1 aliphatic heterocycles. The van der Waals surface area contributed by atoms with E-state index in [-0.39, 0.29) is 17.7 Å². The fraction of sp³-hybridized carbons (Fsp3) is 0.909. The molecule has 1 rings (SSSR count). The summed E-state index contributed by atoms with van der Waals surface area (Å²) in [6.07, 6.45) is 2.64. The molecule has 17 heavy (non-hydrogen) atoms. The molecule has 0 radical (unpaired) electrons. The number of nitrogens with two attached hydrogens (primary N) is 1. The molecule has 2 unspecified atom stereocenters. The summed E-state index contributed by atoms with van der Waals surface area (Å²) in [5, 5.41) is -0.825. The van der Waals surface area contributed by atoms with E-state index in [0.717, 1.165) is 6.42 Å². The molecule has 5 nitrogen and oxygen atoms in total. The number of carbonyl (C=O) groups is 1. The number of hydrogen-bond acceptors (Lipinski definition) is 4. The molecular weight excluding hydrogens is 240 g/mol. The number of sulfone groups is 1. The first-order valence-electron chi connectivity index (χ1n) is 6.06. The summed E-state index contributed by atoms with van der Waals surface area (Å²) in [7, 11) is -1.58. The number of nitrogens with zero attached hydrogens (tertiary/aromatic N) is 1. The quantitative estimate of drug-likeness (QED) is 0.782. The van der Waals surface area contributed by atoms with Crippen molar-refractivity contribution in [2.24, 2.45) is 5.73 Å². The van der Waals surface area contributed by atoms with Gasteiger partial charge < -0.3 is 10.6 Å². The lowest BCUT2D eigenvalue weighted by atomic mass is 10.1. The van der Waals surface area contributed by atoms with Gasteiger partial charge in [-0.25, -0.2) is 8.42 Å². The van der Waals surface area contributed by atoms with Crippen LogP contribution in [0.1, 0.15) is 32.6 Å². The highest BCUT2D eigenvalue weighted by molar-refractivity contribution is 7.92. The number of amides is 1. The van der Waals surface area contributed by atoms with Crippen LogP contribution in [0.2, 0.25) is 0 Å². The summed E-state index contributed by atoms with van der Waals surface area (Å²) in [5.41, 5.74) is 5.62. The third kappa shape index (κ3) is 3.96. The molecule has 0 aromatic heterocycles. The van der Waals surface area contributed by atoms with E-state index in [1.54, 1.807) is 7.05 Å². The molecule has 1 fully saturated rings. The van der Waals surface area contributed by atoms with Crippen molar-refractivity contribution in [2.45, 2.75) is 43.9 Å². The monoisotopic (exact) mass is 262 g/mol. The van der Waals surface area contributed by atoms with Crippen molar-refractivity contribution < 1.29 is 13.2 Å². The van der Waals surface area contributed by atoms with Gasteiger partial charge in [-0.1, -0.05) is 6.42 Å². The van der Waals surface area contributed by atoms with Gasteiger partial charge in [-0.3, -0.25) is 4.79 Å². The Morgan fingerprint density at radius 3 is 2.65 bits per heavy atom. The highest BCUT2D eigenvalue weighted by Crippen LogP contribution is 2.21. The Hall–Kier alpha value is -0.620. The largest absolute Gasteiger partial charge is 0.345 e. The lowest BCUT2D eigenvalue weighted by molar-refractivity contribution is -0.129. The predicted octanol–water partition coefficient (Wildman–Crippen LogP) is 0.149. The zero-order valence-electron chi connectivity index (χ0n) is 10.6. The van der Waals surface area contributed by atoms with Crippen molar-refractivity contribution in [3.63, 3.8) is 0 Å². The van der Waals surface area contributed by atoms with E-state index in [2.05, 4.69) is 0 Å². The molecule has 1 heterocycles. The van der Waals surface area contributed by atoms with Crippen LogP contribution in [0.5, 0.6) is 0 Å². The van der Waals surface area contributed by atoms with Crippen LogP contribution in [0.3, 0.4) is 0 Å². The molecular formula is C11H22N2O3S. The van der Waals surface area contributed by atoms with Crippen LogP contribution in [-0.4, -0.2) is 49.9 Å². The molecule has 2 N–H and O–H groups in total. The van der Waals surface area contributed by atoms with Gasteiger partial charge in [0.05, 0.1) is 5.75 Å². The highest BCUT2D eigenvalue weighted by atomic mass is 32.2. The topological polar surface area (TPSA) is 80.5 Å². The van der Waals surface area contributed by atoms with Gasteiger partial charge in [0.2, 0.25) is 5.91 Å². The van der Waals surface area contributed by atoms with Crippen LogP contribution in [0, 0.1) is 0 Å². The maximum absolute atomic E-state index is 12.0. The van der Waals surface area contributed by atoms with Crippen LogP contribution in [0.4, 0.5) is 0 Å². The molecule has 0 bridgehead atoms. The summed E-state index contributed by atoms with van der Waals surface area (Å²) in [6, 6.07) is 0.0215. The summed E-state index contributed by atoms with van der Waals surface area (Å²) < 4.78 is 23.6. The van der Waals surface area contributed by atoms with Gasteiger partial charge in [0.1, 0.15) is 5.25 Å². The highest BCUT2D eigenvalue weighted by Gasteiger charge is 2.36. The van der Waals surface area contributed by atoms with Gasteiger partial charge in [-0.2, -0.15) is 0 Å². The number of rotatable bonds is 4. The zero-order valence-corrected chi connectivity index (χ0v) is 11.4. The van der Waals surface area contributed by atoms with Crippen molar-refractivity contribution in [3.05, 3.63) is 0 Å². The first-order valence-corrected chi connectivity index (χ1v) is 7.78. The molecule has 0 spiro atoms. The van der Waals surface area contributed by atoms with Crippen molar-refractivity contribution in [1.82, 2.24) is 4.90 Å². The van der Waals surface area contributed by atoms with E-state index >= 15 is 0 Å². The fourth-order valence-electron chi connectivity index (χ4n) is 1.99. The summed E-state index contributed by atoms with van der Waals surface area (Å²) >= 11 is 0. The molecule has 0 aromatic rings. The lowest BCUT2D eigenvalue weighted by Crippen LogP contribution is -2.44. The Morgan fingerprint density at radius 2 is 2.12 bits per heavy atom. The average Bonchev–Trinajstić information content (AvgIpc) is 2.24. The number of carbonyl (C=O) groups excluding carboxylic acids is 1. The van der Waals surface area contributed by atoms with E-state index in [1.165, 1.54) is 4.90 Å². The van der Waals surface area contributed by atoms with E-state index in [4.69, 9.17) is 5.73 Å². The molecule has 1 amide bonds. The van der Waals surface area contributed by atoms with E-state index in [9.17, 15) is 13.2 Å². The summed E-state index contributed by atoms with van der Waals surface area (Å²) in [6.45, 7) is 2.39. The van der Waals surface area contributed by atoms with E-state index in [1.807, 2.05) is 6.92 Å². The molecule has 100 valence electrons. The van der Waals surface area contributed by atoms with Crippen molar-refractivity contribution in [1.29, 1.82) is 0 Å². The molecule has 0 aliphatic carbocycles. The van der Waals surface area contributed by atoms with Crippen LogP contribution >= 0.6 is 0 Å². The van der Waals surface area contributed by atoms with Gasteiger partial charge >= 0.3 is 0 Å². The third-order valence-electron chi connectivity index (χ3n) is 3.15. The van der Waals surface area contributed by atoms with Gasteiger partial charge in [0, 0.05) is 19.6 Å². The van der Waals surface area contributed by atoms with Gasteiger partial charge in [-0.05, 0) is 26.2 Å². The zero-order chi connectivity index (χ0) is 13.1. The fourth-order valence-corrected chi connectivity index (χ4v) is 3.89. The van der Waals surface area contributed by atoms with E-state index < -0.39 is 15.1 Å². The second kappa shape index (κ2) is 5.82. The first-order chi connectivity index (χ1) is 7.84. The van der Waals surface area contributed by atoms with E-state index in [0.29, 0.717) is 25.8 Å². The summed E-state index contributed by atoms with van der Waals surface area (Å²) in [4.78, 5) is 13.5. The Bertz CT molecular complexity index is 365. The summed E-state index contributed by atoms with van der Waals surface area (Å²) in [5.74, 6) is -0.129. The smallest absolute Gasteiger partial charge is 0.240 e. The molecule has 1 saturated heterocycles. The molecule has 2 atom stereocenters. The predicted molar refractivity (Wildman–Crippen MR) is 67.3 cm³/mol. The second-order valence-electron chi connectivity index (χ2n) is 4.88. The minimum absolute atomic E-state index is 0.0215. The molecule has 6 heteroatoms. The van der Waals surface area contributed by atoms with Crippen molar-refractivity contribution in [2.75, 3.05) is 19.3 Å². The Morgan fingerprint density at radius 1 is 1.47 bits per heavy atom. The standard InChI is InChI=1S/C11H22N2O3S/c1-9(12)6-7-13(2)11(14)10-5-3-4-8-17(10,15)16/h9-10H,3-8,12H2,1-2H3. The maximum atomic E-state index is 12.0. The maximum Gasteiger partial charge on any atom is 0.240 e. The number of hydrogen-bond donors (Lipinski definition) is 1.